The zero-order valence-electron chi connectivity index (χ0n) is 9.61. The highest BCUT2D eigenvalue weighted by Gasteiger charge is 2.10. The first-order chi connectivity index (χ1) is 8.60. The average Bonchev–Trinajstić information content (AvgIpc) is 2.77. The number of phenolic OH excluding ortho intramolecular Hbond substituents is 1. The standard InChI is InChI=1S/C12H11ClN2O2S/c1-7-2-3-8(10(16)4-7)9-6-18-12(14-9)15-11(17)5-13/h2-4,6,16H,5H2,1H3,(H,14,15,17). The first kappa shape index (κ1) is 12.9. The van der Waals surface area contributed by atoms with Gasteiger partial charge in [0.25, 0.3) is 0 Å². The van der Waals surface area contributed by atoms with E-state index in [1.54, 1.807) is 17.5 Å². The van der Waals surface area contributed by atoms with Crippen molar-refractivity contribution in [2.75, 3.05) is 11.2 Å². The number of rotatable bonds is 3. The van der Waals surface area contributed by atoms with Crippen molar-refractivity contribution < 1.29 is 9.90 Å². The molecule has 1 aromatic heterocycles. The molecule has 1 heterocycles. The number of nitrogens with one attached hydrogen (secondary N) is 1. The monoisotopic (exact) mass is 282 g/mol. The topological polar surface area (TPSA) is 62.2 Å². The Morgan fingerprint density at radius 3 is 3.00 bits per heavy atom. The third kappa shape index (κ3) is 2.80. The van der Waals surface area contributed by atoms with Gasteiger partial charge in [-0.15, -0.1) is 22.9 Å². The molecule has 94 valence electrons. The Balaban J connectivity index is 2.26. The molecule has 0 aliphatic rings. The molecule has 6 heteroatoms. The molecule has 0 aliphatic heterocycles. The lowest BCUT2D eigenvalue weighted by Crippen LogP contribution is -2.12. The number of thiazole rings is 1. The van der Waals surface area contributed by atoms with Crippen LogP contribution in [-0.2, 0) is 4.79 Å². The van der Waals surface area contributed by atoms with Gasteiger partial charge in [0.05, 0.1) is 5.69 Å². The van der Waals surface area contributed by atoms with Gasteiger partial charge in [-0.1, -0.05) is 6.07 Å². The van der Waals surface area contributed by atoms with Crippen molar-refractivity contribution in [1.82, 2.24) is 4.98 Å². The van der Waals surface area contributed by atoms with E-state index in [0.717, 1.165) is 5.56 Å². The van der Waals surface area contributed by atoms with Crippen LogP contribution in [0, 0.1) is 6.92 Å². The Bertz CT molecular complexity index is 583. The minimum atomic E-state index is -0.300. The smallest absolute Gasteiger partial charge is 0.241 e. The highest BCUT2D eigenvalue weighted by molar-refractivity contribution is 7.14. The van der Waals surface area contributed by atoms with Crippen molar-refractivity contribution in [1.29, 1.82) is 0 Å². The number of carbonyl (C=O) groups is 1. The van der Waals surface area contributed by atoms with Gasteiger partial charge >= 0.3 is 0 Å². The summed E-state index contributed by atoms with van der Waals surface area (Å²) in [7, 11) is 0. The highest BCUT2D eigenvalue weighted by Crippen LogP contribution is 2.32. The van der Waals surface area contributed by atoms with Crippen LogP contribution in [0.5, 0.6) is 5.75 Å². The summed E-state index contributed by atoms with van der Waals surface area (Å²) in [5.41, 5.74) is 2.24. The molecule has 0 aliphatic carbocycles. The van der Waals surface area contributed by atoms with Crippen molar-refractivity contribution in [3.05, 3.63) is 29.1 Å². The molecule has 4 nitrogen and oxygen atoms in total. The first-order valence-electron chi connectivity index (χ1n) is 5.21. The molecule has 0 saturated carbocycles. The average molecular weight is 283 g/mol. The van der Waals surface area contributed by atoms with Crippen molar-refractivity contribution in [2.24, 2.45) is 0 Å². The second-order valence-electron chi connectivity index (χ2n) is 3.74. The summed E-state index contributed by atoms with van der Waals surface area (Å²) in [4.78, 5) is 15.3. The highest BCUT2D eigenvalue weighted by atomic mass is 35.5. The zero-order chi connectivity index (χ0) is 13.1. The molecule has 1 amide bonds. The third-order valence-corrected chi connectivity index (χ3v) is 3.30. The van der Waals surface area contributed by atoms with E-state index in [0.29, 0.717) is 16.4 Å². The van der Waals surface area contributed by atoms with Crippen LogP contribution in [0.3, 0.4) is 0 Å². The van der Waals surface area contributed by atoms with Gasteiger partial charge in [-0.2, -0.15) is 0 Å². The lowest BCUT2D eigenvalue weighted by molar-refractivity contribution is -0.113. The van der Waals surface area contributed by atoms with Gasteiger partial charge in [-0.25, -0.2) is 4.98 Å². The summed E-state index contributed by atoms with van der Waals surface area (Å²) >= 11 is 6.68. The molecule has 0 fully saturated rings. The lowest BCUT2D eigenvalue weighted by atomic mass is 10.1. The van der Waals surface area contributed by atoms with Crippen LogP contribution < -0.4 is 5.32 Å². The predicted octanol–water partition coefficient (Wildman–Crippen LogP) is 3.00. The van der Waals surface area contributed by atoms with Crippen molar-refractivity contribution >= 4 is 34.0 Å². The number of halogens is 1. The molecule has 0 spiro atoms. The fourth-order valence-corrected chi connectivity index (χ4v) is 2.26. The lowest BCUT2D eigenvalue weighted by Gasteiger charge is -2.02. The number of aromatic hydroxyl groups is 1. The van der Waals surface area contributed by atoms with E-state index >= 15 is 0 Å². The summed E-state index contributed by atoms with van der Waals surface area (Å²) in [6.07, 6.45) is 0. The molecule has 0 atom stereocenters. The predicted molar refractivity (Wildman–Crippen MR) is 73.3 cm³/mol. The Labute approximate surface area is 113 Å². The summed E-state index contributed by atoms with van der Waals surface area (Å²) in [5, 5.41) is 14.6. The van der Waals surface area contributed by atoms with Crippen LogP contribution >= 0.6 is 22.9 Å². The molecule has 0 unspecified atom stereocenters. The number of anilines is 1. The van der Waals surface area contributed by atoms with E-state index in [2.05, 4.69) is 10.3 Å². The van der Waals surface area contributed by atoms with E-state index in [1.165, 1.54) is 11.3 Å². The van der Waals surface area contributed by atoms with Gasteiger partial charge in [0, 0.05) is 10.9 Å². The quantitative estimate of drug-likeness (QED) is 0.851. The van der Waals surface area contributed by atoms with Gasteiger partial charge in [-0.05, 0) is 24.6 Å². The summed E-state index contributed by atoms with van der Waals surface area (Å²) < 4.78 is 0. The maximum Gasteiger partial charge on any atom is 0.241 e. The minimum Gasteiger partial charge on any atom is -0.507 e. The SMILES string of the molecule is Cc1ccc(-c2csc(NC(=O)CCl)n2)c(O)c1. The zero-order valence-corrected chi connectivity index (χ0v) is 11.2. The van der Waals surface area contributed by atoms with Crippen LogP contribution in [0.1, 0.15) is 5.56 Å². The van der Waals surface area contributed by atoms with Crippen molar-refractivity contribution in [3.8, 4) is 17.0 Å². The molecule has 2 N–H and O–H groups in total. The summed E-state index contributed by atoms with van der Waals surface area (Å²) in [6.45, 7) is 1.90. The second-order valence-corrected chi connectivity index (χ2v) is 4.87. The fraction of sp³-hybridized carbons (Fsp3) is 0.167. The molecule has 0 bridgehead atoms. The molecule has 2 aromatic rings. The molecule has 1 aromatic carbocycles. The van der Waals surface area contributed by atoms with E-state index in [9.17, 15) is 9.90 Å². The fourth-order valence-electron chi connectivity index (χ4n) is 1.47. The number of carbonyl (C=O) groups excluding carboxylic acids is 1. The molecule has 0 radical (unpaired) electrons. The maximum absolute atomic E-state index is 11.1. The number of aromatic nitrogens is 1. The summed E-state index contributed by atoms with van der Waals surface area (Å²) in [6, 6.07) is 5.37. The van der Waals surface area contributed by atoms with E-state index < -0.39 is 0 Å². The second kappa shape index (κ2) is 5.37. The summed E-state index contributed by atoms with van der Waals surface area (Å²) in [5.74, 6) is -0.230. The Kier molecular flexibility index (Phi) is 3.84. The largest absolute Gasteiger partial charge is 0.507 e. The third-order valence-electron chi connectivity index (χ3n) is 2.30. The van der Waals surface area contributed by atoms with Crippen LogP contribution in [0.25, 0.3) is 11.3 Å². The van der Waals surface area contributed by atoms with Crippen molar-refractivity contribution in [3.63, 3.8) is 0 Å². The maximum atomic E-state index is 11.1. The number of phenols is 1. The Morgan fingerprint density at radius 1 is 1.56 bits per heavy atom. The molecule has 2 rings (SSSR count). The van der Waals surface area contributed by atoms with E-state index in [-0.39, 0.29) is 17.5 Å². The first-order valence-corrected chi connectivity index (χ1v) is 6.63. The minimum absolute atomic E-state index is 0.106. The van der Waals surface area contributed by atoms with Gasteiger partial charge < -0.3 is 10.4 Å². The number of benzene rings is 1. The normalized spacial score (nSPS) is 10.3. The number of amides is 1. The Hall–Kier alpha value is -1.59. The van der Waals surface area contributed by atoms with E-state index in [4.69, 9.17) is 11.6 Å². The van der Waals surface area contributed by atoms with Crippen LogP contribution in [0.2, 0.25) is 0 Å². The van der Waals surface area contributed by atoms with Crippen LogP contribution in [0.4, 0.5) is 5.13 Å². The van der Waals surface area contributed by atoms with Crippen LogP contribution in [0.15, 0.2) is 23.6 Å². The van der Waals surface area contributed by atoms with Gasteiger partial charge in [0.1, 0.15) is 11.6 Å². The van der Waals surface area contributed by atoms with Crippen molar-refractivity contribution in [2.45, 2.75) is 6.92 Å². The molecule has 18 heavy (non-hydrogen) atoms. The number of hydrogen-bond donors (Lipinski definition) is 2. The number of nitrogens with zero attached hydrogens (tertiary/aromatic N) is 1. The van der Waals surface area contributed by atoms with Gasteiger partial charge in [-0.3, -0.25) is 4.79 Å². The van der Waals surface area contributed by atoms with E-state index in [1.807, 2.05) is 13.0 Å². The molecular weight excluding hydrogens is 272 g/mol. The number of hydrogen-bond acceptors (Lipinski definition) is 4. The van der Waals surface area contributed by atoms with Gasteiger partial charge in [0.15, 0.2) is 5.13 Å². The number of alkyl halides is 1. The van der Waals surface area contributed by atoms with Crippen LogP contribution in [-0.4, -0.2) is 21.9 Å². The molecule has 0 saturated heterocycles. The molecular formula is C12H11ClN2O2S. The van der Waals surface area contributed by atoms with Gasteiger partial charge in [0.2, 0.25) is 5.91 Å². The Morgan fingerprint density at radius 2 is 2.33 bits per heavy atom. The number of aryl methyl sites for hydroxylation is 1.